The van der Waals surface area contributed by atoms with Crippen LogP contribution in [0.1, 0.15) is 27.2 Å². The average molecular weight is 136 g/mol. The monoisotopic (exact) mass is 136 g/mol. The third kappa shape index (κ3) is 4.13. The highest BCUT2D eigenvalue weighted by atomic mass is 13.9. The van der Waals surface area contributed by atoms with Crippen LogP contribution in [-0.4, -0.2) is 0 Å². The van der Waals surface area contributed by atoms with Crippen molar-refractivity contribution in [2.45, 2.75) is 27.2 Å². The lowest BCUT2D eigenvalue weighted by molar-refractivity contribution is 1.10. The van der Waals surface area contributed by atoms with Crippen molar-refractivity contribution in [1.82, 2.24) is 0 Å². The number of hydrogen-bond donors (Lipinski definition) is 0. The second kappa shape index (κ2) is 5.04. The van der Waals surface area contributed by atoms with Crippen LogP contribution >= 0.6 is 0 Å². The summed E-state index contributed by atoms with van der Waals surface area (Å²) in [6, 6.07) is 0. The fourth-order valence-corrected chi connectivity index (χ4v) is 0.460. The first kappa shape index (κ1) is 9.22. The first-order chi connectivity index (χ1) is 4.70. The highest BCUT2D eigenvalue weighted by Crippen LogP contribution is 2.00. The lowest BCUT2D eigenvalue weighted by Crippen LogP contribution is -1.69. The lowest BCUT2D eigenvalue weighted by Gasteiger charge is -1.90. The van der Waals surface area contributed by atoms with Crippen LogP contribution in [0.2, 0.25) is 0 Å². The smallest absolute Gasteiger partial charge is 0.0349 e. The summed E-state index contributed by atoms with van der Waals surface area (Å²) in [7, 11) is 0. The molecule has 0 bridgehead atoms. The maximum absolute atomic E-state index is 3.67. The van der Waals surface area contributed by atoms with E-state index in [0.29, 0.717) is 0 Å². The van der Waals surface area contributed by atoms with Gasteiger partial charge in [-0.25, -0.2) is 0 Å². The van der Waals surface area contributed by atoms with Crippen molar-refractivity contribution in [2.75, 3.05) is 0 Å². The molecule has 0 fully saturated rings. The predicted molar refractivity (Wildman–Crippen MR) is 48.0 cm³/mol. The Kier molecular flexibility index (Phi) is 4.65. The van der Waals surface area contributed by atoms with Crippen LogP contribution in [0.15, 0.2) is 36.0 Å². The molecule has 0 saturated carbocycles. The van der Waals surface area contributed by atoms with Crippen LogP contribution in [0.5, 0.6) is 0 Å². The van der Waals surface area contributed by atoms with E-state index in [1.807, 2.05) is 13.0 Å². The SMILES string of the molecule is C=C/C(C)=C/C=C(/C)CC. The molecule has 0 radical (unpaired) electrons. The largest absolute Gasteiger partial charge is 0.0988 e. The van der Waals surface area contributed by atoms with Crippen LogP contribution < -0.4 is 0 Å². The summed E-state index contributed by atoms with van der Waals surface area (Å²) >= 11 is 0. The van der Waals surface area contributed by atoms with Gasteiger partial charge in [0.05, 0.1) is 0 Å². The van der Waals surface area contributed by atoms with Crippen molar-refractivity contribution in [2.24, 2.45) is 0 Å². The van der Waals surface area contributed by atoms with E-state index in [4.69, 9.17) is 0 Å². The zero-order valence-corrected chi connectivity index (χ0v) is 7.15. The fourth-order valence-electron chi connectivity index (χ4n) is 0.460. The van der Waals surface area contributed by atoms with Gasteiger partial charge in [-0.3, -0.25) is 0 Å². The van der Waals surface area contributed by atoms with Crippen molar-refractivity contribution < 1.29 is 0 Å². The molecule has 0 spiro atoms. The minimum absolute atomic E-state index is 1.13. The molecule has 0 aliphatic heterocycles. The van der Waals surface area contributed by atoms with E-state index in [0.717, 1.165) is 6.42 Å². The van der Waals surface area contributed by atoms with E-state index in [9.17, 15) is 0 Å². The zero-order chi connectivity index (χ0) is 7.98. The molecular formula is C10H16. The molecule has 0 N–H and O–H groups in total. The van der Waals surface area contributed by atoms with E-state index in [-0.39, 0.29) is 0 Å². The van der Waals surface area contributed by atoms with E-state index in [1.165, 1.54) is 11.1 Å². The van der Waals surface area contributed by atoms with Crippen molar-refractivity contribution in [3.8, 4) is 0 Å². The molecule has 0 aromatic heterocycles. The second-order valence-electron chi connectivity index (χ2n) is 2.48. The topological polar surface area (TPSA) is 0 Å². The van der Waals surface area contributed by atoms with E-state index in [1.54, 1.807) is 0 Å². The average Bonchev–Trinajstić information content (AvgIpc) is 1.99. The van der Waals surface area contributed by atoms with Gasteiger partial charge < -0.3 is 0 Å². The Morgan fingerprint density at radius 1 is 1.30 bits per heavy atom. The first-order valence-electron chi connectivity index (χ1n) is 3.67. The van der Waals surface area contributed by atoms with E-state index in [2.05, 4.69) is 32.6 Å². The Morgan fingerprint density at radius 2 is 1.90 bits per heavy atom. The Hall–Kier alpha value is -0.780. The minimum Gasteiger partial charge on any atom is -0.0988 e. The van der Waals surface area contributed by atoms with Gasteiger partial charge in [0.15, 0.2) is 0 Å². The summed E-state index contributed by atoms with van der Waals surface area (Å²) < 4.78 is 0. The Labute approximate surface area is 64.0 Å². The Bertz CT molecular complexity index is 159. The van der Waals surface area contributed by atoms with Gasteiger partial charge in [-0.15, -0.1) is 0 Å². The summed E-state index contributed by atoms with van der Waals surface area (Å²) in [4.78, 5) is 0. The summed E-state index contributed by atoms with van der Waals surface area (Å²) in [5, 5.41) is 0. The standard InChI is InChI=1S/C10H16/c1-5-9(3)7-8-10(4)6-2/h5,7-8H,1,6H2,2-4H3/b9-7+,10-8-. The van der Waals surface area contributed by atoms with Crippen LogP contribution in [0.4, 0.5) is 0 Å². The van der Waals surface area contributed by atoms with Crippen LogP contribution in [-0.2, 0) is 0 Å². The normalized spacial score (nSPS) is 13.5. The molecule has 0 aliphatic carbocycles. The molecule has 0 amide bonds. The van der Waals surface area contributed by atoms with Crippen molar-refractivity contribution in [3.05, 3.63) is 36.0 Å². The molecule has 0 heteroatoms. The molecule has 0 nitrogen and oxygen atoms in total. The lowest BCUT2D eigenvalue weighted by atomic mass is 10.2. The zero-order valence-electron chi connectivity index (χ0n) is 7.15. The maximum atomic E-state index is 3.67. The van der Waals surface area contributed by atoms with Crippen LogP contribution in [0.3, 0.4) is 0 Å². The summed E-state index contributed by atoms with van der Waals surface area (Å²) in [5.74, 6) is 0. The highest BCUT2D eigenvalue weighted by molar-refractivity contribution is 5.21. The first-order valence-corrected chi connectivity index (χ1v) is 3.67. The van der Waals surface area contributed by atoms with Gasteiger partial charge in [0.2, 0.25) is 0 Å². The molecule has 0 heterocycles. The Balaban J connectivity index is 4.03. The van der Waals surface area contributed by atoms with Crippen LogP contribution in [0.25, 0.3) is 0 Å². The molecule has 0 rings (SSSR count). The highest BCUT2D eigenvalue weighted by Gasteiger charge is 1.79. The third-order valence-electron chi connectivity index (χ3n) is 1.51. The summed E-state index contributed by atoms with van der Waals surface area (Å²) in [6.07, 6.45) is 7.21. The fraction of sp³-hybridized carbons (Fsp3) is 0.400. The number of rotatable bonds is 3. The number of allylic oxidation sites excluding steroid dienone is 5. The van der Waals surface area contributed by atoms with Gasteiger partial charge >= 0.3 is 0 Å². The summed E-state index contributed by atoms with van der Waals surface area (Å²) in [5.41, 5.74) is 2.62. The predicted octanol–water partition coefficient (Wildman–Crippen LogP) is 3.48. The van der Waals surface area contributed by atoms with Gasteiger partial charge in [-0.1, -0.05) is 42.9 Å². The van der Waals surface area contributed by atoms with Crippen LogP contribution in [0, 0.1) is 0 Å². The van der Waals surface area contributed by atoms with Crippen molar-refractivity contribution >= 4 is 0 Å². The third-order valence-corrected chi connectivity index (χ3v) is 1.51. The molecule has 0 unspecified atom stereocenters. The van der Waals surface area contributed by atoms with Gasteiger partial charge in [0.25, 0.3) is 0 Å². The quantitative estimate of drug-likeness (QED) is 0.521. The molecular weight excluding hydrogens is 120 g/mol. The van der Waals surface area contributed by atoms with Gasteiger partial charge in [0, 0.05) is 0 Å². The molecule has 10 heavy (non-hydrogen) atoms. The molecule has 0 aromatic carbocycles. The van der Waals surface area contributed by atoms with Crippen molar-refractivity contribution in [3.63, 3.8) is 0 Å². The maximum Gasteiger partial charge on any atom is -0.0349 e. The Morgan fingerprint density at radius 3 is 2.30 bits per heavy atom. The molecule has 0 aromatic rings. The summed E-state index contributed by atoms with van der Waals surface area (Å²) in [6.45, 7) is 10.0. The molecule has 56 valence electrons. The van der Waals surface area contributed by atoms with Crippen molar-refractivity contribution in [1.29, 1.82) is 0 Å². The molecule has 0 saturated heterocycles. The second-order valence-corrected chi connectivity index (χ2v) is 2.48. The van der Waals surface area contributed by atoms with Gasteiger partial charge in [-0.05, 0) is 20.3 Å². The van der Waals surface area contributed by atoms with Gasteiger partial charge in [0.1, 0.15) is 0 Å². The van der Waals surface area contributed by atoms with E-state index >= 15 is 0 Å². The molecule has 0 atom stereocenters. The van der Waals surface area contributed by atoms with Gasteiger partial charge in [-0.2, -0.15) is 0 Å². The number of hydrogen-bond acceptors (Lipinski definition) is 0. The van der Waals surface area contributed by atoms with E-state index < -0.39 is 0 Å². The minimum atomic E-state index is 1.13. The molecule has 0 aliphatic rings.